The number of furan rings is 1. The molecule has 1 N–H and O–H groups in total. The summed E-state index contributed by atoms with van der Waals surface area (Å²) in [5.74, 6) is 0.269. The predicted octanol–water partition coefficient (Wildman–Crippen LogP) is 5.08. The Hall–Kier alpha value is -3.64. The molecule has 1 amide bonds. The molecule has 1 saturated heterocycles. The minimum atomic E-state index is 0.0454. The first-order chi connectivity index (χ1) is 16.7. The molecule has 0 radical (unpaired) electrons. The highest BCUT2D eigenvalue weighted by Gasteiger charge is 2.24. The maximum Gasteiger partial charge on any atom is 0.254 e. The zero-order valence-corrected chi connectivity index (χ0v) is 19.4. The van der Waals surface area contributed by atoms with Crippen molar-refractivity contribution in [3.05, 3.63) is 95.5 Å². The van der Waals surface area contributed by atoms with Gasteiger partial charge in [-0.05, 0) is 66.4 Å². The quantitative estimate of drug-likeness (QED) is 0.439. The van der Waals surface area contributed by atoms with Gasteiger partial charge in [0.05, 0.1) is 19.5 Å². The molecule has 3 heterocycles. The summed E-state index contributed by atoms with van der Waals surface area (Å²) in [4.78, 5) is 19.5. The van der Waals surface area contributed by atoms with E-state index in [1.807, 2.05) is 53.4 Å². The minimum absolute atomic E-state index is 0.0454. The first-order valence-corrected chi connectivity index (χ1v) is 11.7. The number of rotatable bonds is 6. The molecule has 1 unspecified atom stereocenters. The average molecular weight is 456 g/mol. The summed E-state index contributed by atoms with van der Waals surface area (Å²) in [5.41, 5.74) is 6.04. The average Bonchev–Trinajstić information content (AvgIpc) is 3.24. The normalized spacial score (nSPS) is 16.4. The van der Waals surface area contributed by atoms with Gasteiger partial charge >= 0.3 is 0 Å². The van der Waals surface area contributed by atoms with Crippen LogP contribution in [0.2, 0.25) is 0 Å². The predicted molar refractivity (Wildman–Crippen MR) is 133 cm³/mol. The van der Waals surface area contributed by atoms with Gasteiger partial charge in [0.2, 0.25) is 0 Å². The molecule has 1 aliphatic heterocycles. The van der Waals surface area contributed by atoms with Gasteiger partial charge in [-0.25, -0.2) is 0 Å². The molecule has 0 aliphatic carbocycles. The number of nitrogens with one attached hydrogen (secondary N) is 1. The minimum Gasteiger partial charge on any atom is -0.464 e. The number of hydrogen-bond acceptors (Lipinski definition) is 5. The van der Waals surface area contributed by atoms with E-state index >= 15 is 0 Å². The monoisotopic (exact) mass is 455 g/mol. The number of aryl methyl sites for hydroxylation is 1. The lowest BCUT2D eigenvalue weighted by Crippen LogP contribution is -2.36. The van der Waals surface area contributed by atoms with Crippen LogP contribution >= 0.6 is 0 Å². The Kier molecular flexibility index (Phi) is 6.58. The van der Waals surface area contributed by atoms with Gasteiger partial charge in [-0.2, -0.15) is 0 Å². The number of amides is 1. The topological polar surface area (TPSA) is 67.6 Å². The van der Waals surface area contributed by atoms with E-state index in [-0.39, 0.29) is 11.8 Å². The zero-order chi connectivity index (χ0) is 23.3. The van der Waals surface area contributed by atoms with Crippen molar-refractivity contribution < 1.29 is 13.9 Å². The van der Waals surface area contributed by atoms with Crippen LogP contribution in [0, 0.1) is 12.8 Å². The molecule has 2 aromatic heterocycles. The van der Waals surface area contributed by atoms with Crippen LogP contribution in [0.15, 0.2) is 77.7 Å². The van der Waals surface area contributed by atoms with Gasteiger partial charge < -0.3 is 19.4 Å². The number of nitrogens with zero attached hydrogens (tertiary/aromatic N) is 2. The third-order valence-corrected chi connectivity index (χ3v) is 6.44. The smallest absolute Gasteiger partial charge is 0.254 e. The van der Waals surface area contributed by atoms with Crippen LogP contribution in [0.5, 0.6) is 0 Å². The maximum absolute atomic E-state index is 13.5. The van der Waals surface area contributed by atoms with E-state index in [0.717, 1.165) is 34.2 Å². The Morgan fingerprint density at radius 2 is 2.03 bits per heavy atom. The van der Waals surface area contributed by atoms with Gasteiger partial charge in [0.1, 0.15) is 5.58 Å². The third-order valence-electron chi connectivity index (χ3n) is 6.44. The molecule has 0 saturated carbocycles. The molecule has 6 nitrogen and oxygen atoms in total. The number of anilines is 1. The van der Waals surface area contributed by atoms with Crippen LogP contribution in [-0.4, -0.2) is 42.1 Å². The second-order valence-electron chi connectivity index (χ2n) is 8.88. The van der Waals surface area contributed by atoms with E-state index < -0.39 is 0 Å². The van der Waals surface area contributed by atoms with E-state index in [0.29, 0.717) is 38.4 Å². The summed E-state index contributed by atoms with van der Waals surface area (Å²) in [6, 6.07) is 18.0. The Morgan fingerprint density at radius 3 is 2.91 bits per heavy atom. The molecule has 1 atom stereocenters. The lowest BCUT2D eigenvalue weighted by atomic mass is 9.97. The molecule has 34 heavy (non-hydrogen) atoms. The molecule has 2 aromatic carbocycles. The van der Waals surface area contributed by atoms with Gasteiger partial charge in [-0.3, -0.25) is 9.78 Å². The second kappa shape index (κ2) is 10.1. The fourth-order valence-corrected chi connectivity index (χ4v) is 4.56. The molecular formula is C28H29N3O3. The van der Waals surface area contributed by atoms with Crippen LogP contribution in [0.4, 0.5) is 5.69 Å². The van der Waals surface area contributed by atoms with Gasteiger partial charge in [-0.15, -0.1) is 0 Å². The number of carbonyl (C=O) groups is 1. The highest BCUT2D eigenvalue weighted by Crippen LogP contribution is 2.25. The molecule has 1 aliphatic rings. The Bertz CT molecular complexity index is 1270. The molecule has 6 heteroatoms. The first-order valence-electron chi connectivity index (χ1n) is 11.7. The molecule has 5 rings (SSSR count). The van der Waals surface area contributed by atoms with E-state index in [2.05, 4.69) is 23.3 Å². The third kappa shape index (κ3) is 4.97. The van der Waals surface area contributed by atoms with Gasteiger partial charge in [0.25, 0.3) is 5.91 Å². The molecule has 4 aromatic rings. The zero-order valence-electron chi connectivity index (χ0n) is 19.4. The maximum atomic E-state index is 13.5. The summed E-state index contributed by atoms with van der Waals surface area (Å²) in [7, 11) is 0. The summed E-state index contributed by atoms with van der Waals surface area (Å²) < 4.78 is 11.4. The highest BCUT2D eigenvalue weighted by molar-refractivity contribution is 5.95. The van der Waals surface area contributed by atoms with Crippen molar-refractivity contribution >= 4 is 22.6 Å². The van der Waals surface area contributed by atoms with Crippen molar-refractivity contribution in [2.75, 3.05) is 31.6 Å². The fraction of sp³-hybridized carbons (Fsp3) is 0.286. The van der Waals surface area contributed by atoms with Crippen molar-refractivity contribution in [3.8, 4) is 0 Å². The van der Waals surface area contributed by atoms with Gasteiger partial charge in [-0.1, -0.05) is 18.2 Å². The molecule has 0 bridgehead atoms. The van der Waals surface area contributed by atoms with Crippen LogP contribution in [0.1, 0.15) is 27.0 Å². The van der Waals surface area contributed by atoms with Gasteiger partial charge in [0, 0.05) is 54.6 Å². The van der Waals surface area contributed by atoms with E-state index in [1.165, 1.54) is 5.56 Å². The standard InChI is InChI=1S/C28H29N3O3/c1-20-5-6-24(16-26(20)30-17-21-7-10-29-11-8-21)28(32)31-12-14-33-19-22(18-31)15-23-3-2-4-27-25(23)9-13-34-27/h2-11,13,16,22,30H,12,14-15,17-19H2,1H3. The van der Waals surface area contributed by atoms with E-state index in [1.54, 1.807) is 18.7 Å². The summed E-state index contributed by atoms with van der Waals surface area (Å²) in [6.07, 6.45) is 6.14. The lowest BCUT2D eigenvalue weighted by Gasteiger charge is -2.24. The highest BCUT2D eigenvalue weighted by atomic mass is 16.5. The number of benzene rings is 2. The number of ether oxygens (including phenoxy) is 1. The van der Waals surface area contributed by atoms with Crippen molar-refractivity contribution in [3.63, 3.8) is 0 Å². The SMILES string of the molecule is Cc1ccc(C(=O)N2CCOCC(Cc3cccc4occc34)C2)cc1NCc1ccncc1. The summed E-state index contributed by atoms with van der Waals surface area (Å²) in [6.45, 7) is 5.19. The summed E-state index contributed by atoms with van der Waals surface area (Å²) >= 11 is 0. The number of carbonyl (C=O) groups excluding carboxylic acids is 1. The Morgan fingerprint density at radius 1 is 1.15 bits per heavy atom. The lowest BCUT2D eigenvalue weighted by molar-refractivity contribution is 0.0737. The number of fused-ring (bicyclic) bond motifs is 1. The fourth-order valence-electron chi connectivity index (χ4n) is 4.56. The van der Waals surface area contributed by atoms with Crippen LogP contribution in [-0.2, 0) is 17.7 Å². The van der Waals surface area contributed by atoms with Gasteiger partial charge in [0.15, 0.2) is 0 Å². The number of aromatic nitrogens is 1. The van der Waals surface area contributed by atoms with E-state index in [9.17, 15) is 4.79 Å². The largest absolute Gasteiger partial charge is 0.464 e. The van der Waals surface area contributed by atoms with Crippen molar-refractivity contribution in [1.82, 2.24) is 9.88 Å². The molecule has 174 valence electrons. The summed E-state index contributed by atoms with van der Waals surface area (Å²) in [5, 5.41) is 4.60. The van der Waals surface area contributed by atoms with Crippen LogP contribution in [0.25, 0.3) is 11.0 Å². The van der Waals surface area contributed by atoms with Crippen LogP contribution in [0.3, 0.4) is 0 Å². The van der Waals surface area contributed by atoms with Crippen LogP contribution < -0.4 is 5.32 Å². The molecule has 0 spiro atoms. The first kappa shape index (κ1) is 22.2. The van der Waals surface area contributed by atoms with E-state index in [4.69, 9.17) is 9.15 Å². The van der Waals surface area contributed by atoms with Crippen molar-refractivity contribution in [1.29, 1.82) is 0 Å². The Balaban J connectivity index is 1.29. The molecular weight excluding hydrogens is 426 g/mol. The second-order valence-corrected chi connectivity index (χ2v) is 8.88. The molecule has 1 fully saturated rings. The number of pyridine rings is 1. The Labute approximate surface area is 199 Å². The van der Waals surface area contributed by atoms with Crippen molar-refractivity contribution in [2.24, 2.45) is 5.92 Å². The number of hydrogen-bond donors (Lipinski definition) is 1. The van der Waals surface area contributed by atoms with Crippen molar-refractivity contribution in [2.45, 2.75) is 19.9 Å².